The molecule has 19 heavy (non-hydrogen) atoms. The molecular formula is C14H20ClNO3. The van der Waals surface area contributed by atoms with Gasteiger partial charge in [0, 0.05) is 5.92 Å². The minimum Gasteiger partial charge on any atom is -0.369 e. The van der Waals surface area contributed by atoms with Gasteiger partial charge >= 0.3 is 0 Å². The average Bonchev–Trinajstić information content (AvgIpc) is 2.37. The Kier molecular flexibility index (Phi) is 8.83. The van der Waals surface area contributed by atoms with Gasteiger partial charge in [0.05, 0.1) is 13.2 Å². The Bertz CT molecular complexity index is 393. The lowest BCUT2D eigenvalue weighted by Crippen LogP contribution is -2.34. The fraction of sp³-hybridized carbons (Fsp3) is 0.429. The van der Waals surface area contributed by atoms with Gasteiger partial charge in [-0.05, 0) is 5.56 Å². The third kappa shape index (κ3) is 7.59. The number of ether oxygens (including phenoxy) is 1. The van der Waals surface area contributed by atoms with Crippen LogP contribution in [0.15, 0.2) is 30.3 Å². The van der Waals surface area contributed by atoms with Gasteiger partial charge in [-0.1, -0.05) is 44.2 Å². The lowest BCUT2D eigenvalue weighted by atomic mass is 10.2. The lowest BCUT2D eigenvalue weighted by molar-refractivity contribution is -0.129. The van der Waals surface area contributed by atoms with Crippen LogP contribution in [0.25, 0.3) is 0 Å². The predicted octanol–water partition coefficient (Wildman–Crippen LogP) is 1.97. The Hall–Kier alpha value is -1.39. The second-order valence-electron chi connectivity index (χ2n) is 4.39. The number of hydrogen-bond acceptors (Lipinski definition) is 3. The highest BCUT2D eigenvalue weighted by Gasteiger charge is 2.08. The van der Waals surface area contributed by atoms with Crippen molar-refractivity contribution in [2.45, 2.75) is 20.5 Å². The number of hydrogen-bond donors (Lipinski definition) is 1. The Balaban J connectivity index is 0.00000324. The van der Waals surface area contributed by atoms with Crippen LogP contribution < -0.4 is 5.32 Å². The van der Waals surface area contributed by atoms with Crippen molar-refractivity contribution in [3.05, 3.63) is 35.9 Å². The molecule has 0 aliphatic carbocycles. The zero-order valence-corrected chi connectivity index (χ0v) is 12.0. The van der Waals surface area contributed by atoms with Gasteiger partial charge in [0.25, 0.3) is 0 Å². The first-order chi connectivity index (χ1) is 8.59. The van der Waals surface area contributed by atoms with Crippen molar-refractivity contribution in [2.75, 3.05) is 13.2 Å². The van der Waals surface area contributed by atoms with Crippen molar-refractivity contribution in [3.8, 4) is 0 Å². The van der Waals surface area contributed by atoms with Gasteiger partial charge in [-0.15, -0.1) is 12.4 Å². The third-order valence-electron chi connectivity index (χ3n) is 2.36. The summed E-state index contributed by atoms with van der Waals surface area (Å²) in [4.78, 5) is 22.7. The number of Topliss-reactive ketones (excluding diaryl/α,β-unsaturated/α-hetero) is 1. The summed E-state index contributed by atoms with van der Waals surface area (Å²) in [6, 6.07) is 9.64. The molecule has 0 atom stereocenters. The number of carbonyl (C=O) groups is 2. The topological polar surface area (TPSA) is 55.4 Å². The number of nitrogens with one attached hydrogen (secondary N) is 1. The van der Waals surface area contributed by atoms with E-state index < -0.39 is 0 Å². The molecule has 106 valence electrons. The maximum absolute atomic E-state index is 11.4. The first-order valence-corrected chi connectivity index (χ1v) is 6.00. The molecule has 1 N–H and O–H groups in total. The summed E-state index contributed by atoms with van der Waals surface area (Å²) in [6.45, 7) is 4.03. The summed E-state index contributed by atoms with van der Waals surface area (Å²) in [7, 11) is 0. The van der Waals surface area contributed by atoms with Crippen LogP contribution in [-0.4, -0.2) is 24.8 Å². The molecule has 0 saturated heterocycles. The van der Waals surface area contributed by atoms with E-state index in [0.717, 1.165) is 5.56 Å². The van der Waals surface area contributed by atoms with E-state index in [1.54, 1.807) is 13.8 Å². The third-order valence-corrected chi connectivity index (χ3v) is 2.36. The molecule has 0 aliphatic rings. The van der Waals surface area contributed by atoms with E-state index in [-0.39, 0.29) is 43.2 Å². The molecule has 0 unspecified atom stereocenters. The number of ketones is 1. The van der Waals surface area contributed by atoms with E-state index in [4.69, 9.17) is 4.74 Å². The van der Waals surface area contributed by atoms with Crippen LogP contribution >= 0.6 is 12.4 Å². The minimum absolute atomic E-state index is 0. The number of benzene rings is 1. The van der Waals surface area contributed by atoms with Crippen LogP contribution in [0.3, 0.4) is 0 Å². The van der Waals surface area contributed by atoms with Crippen molar-refractivity contribution >= 4 is 24.1 Å². The van der Waals surface area contributed by atoms with Crippen LogP contribution in [0.4, 0.5) is 0 Å². The van der Waals surface area contributed by atoms with E-state index in [1.807, 2.05) is 30.3 Å². The van der Waals surface area contributed by atoms with Gasteiger partial charge in [-0.25, -0.2) is 0 Å². The molecule has 1 aromatic carbocycles. The maximum Gasteiger partial charge on any atom is 0.222 e. The molecule has 0 aromatic heterocycles. The van der Waals surface area contributed by atoms with Gasteiger partial charge in [-0.3, -0.25) is 9.59 Å². The first kappa shape index (κ1) is 17.6. The lowest BCUT2D eigenvalue weighted by Gasteiger charge is -2.07. The maximum atomic E-state index is 11.4. The molecule has 0 bridgehead atoms. The summed E-state index contributed by atoms with van der Waals surface area (Å²) in [5, 5.41) is 2.56. The molecular weight excluding hydrogens is 266 g/mol. The fourth-order valence-corrected chi connectivity index (χ4v) is 1.30. The standard InChI is InChI=1S/C14H19NO3.ClH/c1-11(2)14(17)15-8-13(16)10-18-9-12-6-4-3-5-7-12;/h3-7,11H,8-10H2,1-2H3,(H,15,17);1H. The molecule has 1 aromatic rings. The molecule has 1 amide bonds. The minimum atomic E-state index is -0.125. The van der Waals surface area contributed by atoms with Crippen molar-refractivity contribution in [2.24, 2.45) is 5.92 Å². The van der Waals surface area contributed by atoms with E-state index in [0.29, 0.717) is 6.61 Å². The highest BCUT2D eigenvalue weighted by Crippen LogP contribution is 2.00. The number of amides is 1. The molecule has 5 heteroatoms. The quantitative estimate of drug-likeness (QED) is 0.833. The summed E-state index contributed by atoms with van der Waals surface area (Å²) in [5.74, 6) is -0.352. The largest absolute Gasteiger partial charge is 0.369 e. The normalized spacial score (nSPS) is 9.84. The van der Waals surface area contributed by atoms with E-state index in [9.17, 15) is 9.59 Å². The highest BCUT2D eigenvalue weighted by molar-refractivity contribution is 5.87. The molecule has 0 fully saturated rings. The monoisotopic (exact) mass is 285 g/mol. The van der Waals surface area contributed by atoms with E-state index >= 15 is 0 Å². The van der Waals surface area contributed by atoms with Gasteiger partial charge in [0.15, 0.2) is 5.78 Å². The van der Waals surface area contributed by atoms with Gasteiger partial charge < -0.3 is 10.1 Å². The summed E-state index contributed by atoms with van der Waals surface area (Å²) in [6.07, 6.45) is 0. The zero-order valence-electron chi connectivity index (χ0n) is 11.2. The summed E-state index contributed by atoms with van der Waals surface area (Å²) < 4.78 is 5.27. The summed E-state index contributed by atoms with van der Waals surface area (Å²) >= 11 is 0. The van der Waals surface area contributed by atoms with Crippen molar-refractivity contribution in [3.63, 3.8) is 0 Å². The van der Waals surface area contributed by atoms with Crippen LogP contribution in [0.2, 0.25) is 0 Å². The van der Waals surface area contributed by atoms with Crippen LogP contribution in [0, 0.1) is 5.92 Å². The van der Waals surface area contributed by atoms with Crippen molar-refractivity contribution < 1.29 is 14.3 Å². The van der Waals surface area contributed by atoms with Crippen molar-refractivity contribution in [1.29, 1.82) is 0 Å². The van der Waals surface area contributed by atoms with Gasteiger partial charge in [0.2, 0.25) is 5.91 Å². The Morgan fingerprint density at radius 1 is 1.21 bits per heavy atom. The van der Waals surface area contributed by atoms with E-state index in [1.165, 1.54) is 0 Å². The molecule has 0 saturated carbocycles. The Morgan fingerprint density at radius 3 is 2.42 bits per heavy atom. The SMILES string of the molecule is CC(C)C(=O)NCC(=O)COCc1ccccc1.Cl. The molecule has 1 rings (SSSR count). The Labute approximate surface area is 119 Å². The fourth-order valence-electron chi connectivity index (χ4n) is 1.30. The molecule has 0 heterocycles. The second kappa shape index (κ2) is 9.53. The first-order valence-electron chi connectivity index (χ1n) is 6.00. The predicted molar refractivity (Wildman–Crippen MR) is 76.2 cm³/mol. The highest BCUT2D eigenvalue weighted by atomic mass is 35.5. The molecule has 0 spiro atoms. The average molecular weight is 286 g/mol. The zero-order chi connectivity index (χ0) is 13.4. The van der Waals surface area contributed by atoms with Gasteiger partial charge in [-0.2, -0.15) is 0 Å². The number of rotatable bonds is 7. The second-order valence-corrected chi connectivity index (χ2v) is 4.39. The molecule has 0 radical (unpaired) electrons. The van der Waals surface area contributed by atoms with Crippen LogP contribution in [-0.2, 0) is 20.9 Å². The molecule has 4 nitrogen and oxygen atoms in total. The van der Waals surface area contributed by atoms with E-state index in [2.05, 4.69) is 5.32 Å². The molecule has 0 aliphatic heterocycles. The van der Waals surface area contributed by atoms with Crippen LogP contribution in [0.1, 0.15) is 19.4 Å². The summed E-state index contributed by atoms with van der Waals surface area (Å²) in [5.41, 5.74) is 1.02. The van der Waals surface area contributed by atoms with Crippen molar-refractivity contribution in [1.82, 2.24) is 5.32 Å². The smallest absolute Gasteiger partial charge is 0.222 e. The number of carbonyl (C=O) groups excluding carboxylic acids is 2. The Morgan fingerprint density at radius 2 is 1.84 bits per heavy atom. The van der Waals surface area contributed by atoms with Crippen LogP contribution in [0.5, 0.6) is 0 Å². The number of halogens is 1. The van der Waals surface area contributed by atoms with Gasteiger partial charge in [0.1, 0.15) is 6.61 Å².